The van der Waals surface area contributed by atoms with Gasteiger partial charge in [-0.2, -0.15) is 5.10 Å². The second-order valence-electron chi connectivity index (χ2n) is 7.46. The molecule has 0 spiro atoms. The highest BCUT2D eigenvalue weighted by atomic mass is 28.3. The van der Waals surface area contributed by atoms with Gasteiger partial charge in [0.15, 0.2) is 0 Å². The second-order valence-corrected chi connectivity index (χ2v) is 13.1. The third kappa shape index (κ3) is 6.00. The summed E-state index contributed by atoms with van der Waals surface area (Å²) in [6, 6.07) is 8.42. The van der Waals surface area contributed by atoms with Crippen molar-refractivity contribution in [2.24, 2.45) is 0 Å². The number of ether oxygens (including phenoxy) is 2. The van der Waals surface area contributed by atoms with E-state index in [1.807, 2.05) is 31.2 Å². The molecule has 6 nitrogen and oxygen atoms in total. The Morgan fingerprint density at radius 2 is 2.04 bits per heavy atom. The molecule has 0 aliphatic carbocycles. The van der Waals surface area contributed by atoms with Crippen molar-refractivity contribution < 1.29 is 19.4 Å². The lowest BCUT2D eigenvalue weighted by atomic mass is 10.1. The van der Waals surface area contributed by atoms with E-state index in [1.54, 1.807) is 4.68 Å². The average molecular weight is 377 g/mol. The van der Waals surface area contributed by atoms with E-state index in [9.17, 15) is 9.90 Å². The number of hydrogen-bond acceptors (Lipinski definition) is 4. The summed E-state index contributed by atoms with van der Waals surface area (Å²) in [5, 5.41) is 13.9. The van der Waals surface area contributed by atoms with E-state index >= 15 is 0 Å². The van der Waals surface area contributed by atoms with Crippen LogP contribution in [0.1, 0.15) is 23.7 Å². The highest BCUT2D eigenvalue weighted by Gasteiger charge is 2.18. The molecule has 0 saturated carbocycles. The molecule has 0 aliphatic rings. The van der Waals surface area contributed by atoms with Crippen LogP contribution >= 0.6 is 0 Å². The van der Waals surface area contributed by atoms with Crippen molar-refractivity contribution in [2.45, 2.75) is 45.8 Å². The molecule has 1 N–H and O–H groups in total. The number of aromatic carboxylic acids is 1. The van der Waals surface area contributed by atoms with Crippen LogP contribution in [0, 0.1) is 0 Å². The number of rotatable bonds is 10. The number of carbonyl (C=O) groups is 1. The minimum atomic E-state index is -1.15. The Morgan fingerprint density at radius 1 is 1.27 bits per heavy atom. The fourth-order valence-electron chi connectivity index (χ4n) is 2.35. The molecule has 0 amide bonds. The Labute approximate surface area is 155 Å². The molecule has 2 rings (SSSR count). The fraction of sp³-hybridized carbons (Fsp3) is 0.474. The predicted molar refractivity (Wildman–Crippen MR) is 105 cm³/mol. The van der Waals surface area contributed by atoms with Gasteiger partial charge in [-0.15, -0.1) is 0 Å². The fourth-order valence-corrected chi connectivity index (χ4v) is 3.10. The minimum Gasteiger partial charge on any atom is -0.494 e. The van der Waals surface area contributed by atoms with Gasteiger partial charge < -0.3 is 14.6 Å². The van der Waals surface area contributed by atoms with Gasteiger partial charge in [0.05, 0.1) is 6.61 Å². The number of carboxylic acids is 1. The average Bonchev–Trinajstić information content (AvgIpc) is 3.01. The van der Waals surface area contributed by atoms with Crippen molar-refractivity contribution in [3.05, 3.63) is 36.0 Å². The molecular formula is C19H28N2O4Si. The van der Waals surface area contributed by atoms with Crippen LogP contribution in [0.15, 0.2) is 30.5 Å². The number of carboxylic acid groups (broad SMARTS) is 1. The largest absolute Gasteiger partial charge is 0.494 e. The molecule has 0 saturated heterocycles. The Bertz CT molecular complexity index is 737. The molecule has 1 aromatic heterocycles. The molecule has 0 aliphatic heterocycles. The van der Waals surface area contributed by atoms with Crippen molar-refractivity contribution in [1.82, 2.24) is 9.78 Å². The first-order valence-corrected chi connectivity index (χ1v) is 12.6. The van der Waals surface area contributed by atoms with Crippen molar-refractivity contribution in [2.75, 3.05) is 13.2 Å². The van der Waals surface area contributed by atoms with E-state index < -0.39 is 14.0 Å². The van der Waals surface area contributed by atoms with Gasteiger partial charge in [0.25, 0.3) is 0 Å². The third-order valence-electron chi connectivity index (χ3n) is 3.79. The van der Waals surface area contributed by atoms with Gasteiger partial charge in [-0.3, -0.25) is 0 Å². The number of nitrogens with zero attached hydrogens (tertiary/aromatic N) is 2. The Kier molecular flexibility index (Phi) is 6.99. The summed E-state index contributed by atoms with van der Waals surface area (Å²) in [4.78, 5) is 11.6. The van der Waals surface area contributed by atoms with Gasteiger partial charge in [-0.25, -0.2) is 9.48 Å². The molecule has 2 aromatic rings. The van der Waals surface area contributed by atoms with Crippen LogP contribution in [0.25, 0.3) is 11.3 Å². The first-order valence-electron chi connectivity index (χ1n) is 8.92. The van der Waals surface area contributed by atoms with Crippen molar-refractivity contribution >= 4 is 14.0 Å². The Balaban J connectivity index is 2.15. The summed E-state index contributed by atoms with van der Waals surface area (Å²) in [5.41, 5.74) is 1.30. The van der Waals surface area contributed by atoms with Crippen LogP contribution in [-0.2, 0) is 11.5 Å². The summed E-state index contributed by atoms with van der Waals surface area (Å²) in [5.74, 6) is -0.296. The quantitative estimate of drug-likeness (QED) is 0.493. The summed E-state index contributed by atoms with van der Waals surface area (Å²) in [6.07, 6.45) is 2.43. The molecule has 142 valence electrons. The van der Waals surface area contributed by atoms with Gasteiger partial charge in [0.1, 0.15) is 23.7 Å². The molecule has 0 bridgehead atoms. The lowest BCUT2D eigenvalue weighted by Gasteiger charge is -2.15. The second kappa shape index (κ2) is 9.00. The molecule has 0 radical (unpaired) electrons. The SMILES string of the molecule is CCCOc1cccc(-c2nn(COCC[Si](C)(C)C)cc2C(=O)O)c1. The molecule has 0 fully saturated rings. The molecule has 1 aromatic carbocycles. The standard InChI is InChI=1S/C19H28N2O4Si/c1-5-9-25-16-8-6-7-15(12-16)18-17(19(22)23)13-21(20-18)14-24-10-11-26(2,3)4/h6-8,12-13H,5,9-11,14H2,1-4H3,(H,22,23). The van der Waals surface area contributed by atoms with E-state index in [0.29, 0.717) is 24.7 Å². The molecule has 26 heavy (non-hydrogen) atoms. The van der Waals surface area contributed by atoms with Gasteiger partial charge in [0, 0.05) is 26.4 Å². The van der Waals surface area contributed by atoms with Crippen LogP contribution in [-0.4, -0.2) is 42.1 Å². The predicted octanol–water partition coefficient (Wildman–Crippen LogP) is 4.35. The van der Waals surface area contributed by atoms with E-state index in [0.717, 1.165) is 18.0 Å². The van der Waals surface area contributed by atoms with Gasteiger partial charge in [-0.1, -0.05) is 38.7 Å². The van der Waals surface area contributed by atoms with E-state index in [4.69, 9.17) is 9.47 Å². The summed E-state index contributed by atoms with van der Waals surface area (Å²) < 4.78 is 12.9. The Morgan fingerprint density at radius 3 is 2.69 bits per heavy atom. The van der Waals surface area contributed by atoms with Crippen LogP contribution in [0.2, 0.25) is 25.7 Å². The zero-order chi connectivity index (χ0) is 19.2. The third-order valence-corrected chi connectivity index (χ3v) is 5.50. The highest BCUT2D eigenvalue weighted by molar-refractivity contribution is 6.76. The van der Waals surface area contributed by atoms with Crippen LogP contribution in [0.4, 0.5) is 0 Å². The number of benzene rings is 1. The lowest BCUT2D eigenvalue weighted by molar-refractivity contribution is 0.0693. The molecule has 1 heterocycles. The minimum absolute atomic E-state index is 0.159. The monoisotopic (exact) mass is 376 g/mol. The first kappa shape index (κ1) is 20.2. The zero-order valence-electron chi connectivity index (χ0n) is 16.0. The maximum Gasteiger partial charge on any atom is 0.339 e. The molecule has 7 heteroatoms. The van der Waals surface area contributed by atoms with E-state index in [1.165, 1.54) is 6.20 Å². The van der Waals surface area contributed by atoms with Gasteiger partial charge in [0.2, 0.25) is 0 Å². The maximum absolute atomic E-state index is 11.6. The zero-order valence-corrected chi connectivity index (χ0v) is 17.0. The number of aromatic nitrogens is 2. The van der Waals surface area contributed by atoms with E-state index in [-0.39, 0.29) is 12.3 Å². The van der Waals surface area contributed by atoms with Crippen LogP contribution in [0.5, 0.6) is 5.75 Å². The van der Waals surface area contributed by atoms with Gasteiger partial charge >= 0.3 is 5.97 Å². The highest BCUT2D eigenvalue weighted by Crippen LogP contribution is 2.26. The van der Waals surface area contributed by atoms with E-state index in [2.05, 4.69) is 24.7 Å². The maximum atomic E-state index is 11.6. The van der Waals surface area contributed by atoms with Crippen molar-refractivity contribution in [3.63, 3.8) is 0 Å². The van der Waals surface area contributed by atoms with Crippen molar-refractivity contribution in [1.29, 1.82) is 0 Å². The smallest absolute Gasteiger partial charge is 0.339 e. The molecular weight excluding hydrogens is 348 g/mol. The summed E-state index contributed by atoms with van der Waals surface area (Å²) in [6.45, 7) is 10.4. The van der Waals surface area contributed by atoms with Crippen LogP contribution in [0.3, 0.4) is 0 Å². The number of hydrogen-bond donors (Lipinski definition) is 1. The molecule has 0 unspecified atom stereocenters. The summed E-state index contributed by atoms with van der Waals surface area (Å²) in [7, 11) is -1.15. The van der Waals surface area contributed by atoms with Crippen LogP contribution < -0.4 is 4.74 Å². The van der Waals surface area contributed by atoms with Gasteiger partial charge in [-0.05, 0) is 24.6 Å². The topological polar surface area (TPSA) is 73.6 Å². The lowest BCUT2D eigenvalue weighted by Crippen LogP contribution is -2.22. The normalized spacial score (nSPS) is 11.5. The molecule has 0 atom stereocenters. The van der Waals surface area contributed by atoms with Crippen molar-refractivity contribution in [3.8, 4) is 17.0 Å². The first-order chi connectivity index (χ1) is 12.3. The Hall–Kier alpha value is -2.12. The summed E-state index contributed by atoms with van der Waals surface area (Å²) >= 11 is 0.